The molecule has 0 atom stereocenters. The van der Waals surface area contributed by atoms with E-state index in [1.807, 2.05) is 0 Å². The van der Waals surface area contributed by atoms with E-state index >= 15 is 0 Å². The van der Waals surface area contributed by atoms with Crippen molar-refractivity contribution in [2.45, 2.75) is 17.7 Å². The van der Waals surface area contributed by atoms with E-state index in [4.69, 9.17) is 9.47 Å². The molecule has 8 nitrogen and oxygen atoms in total. The van der Waals surface area contributed by atoms with Crippen molar-refractivity contribution in [3.8, 4) is 5.75 Å². The maximum absolute atomic E-state index is 12.6. The summed E-state index contributed by atoms with van der Waals surface area (Å²) in [5.74, 6) is -0.656. The predicted molar refractivity (Wildman–Crippen MR) is 107 cm³/mol. The van der Waals surface area contributed by atoms with Gasteiger partial charge in [-0.2, -0.15) is 4.31 Å². The van der Waals surface area contributed by atoms with Crippen molar-refractivity contribution in [3.05, 3.63) is 53.6 Å². The number of sulfonamides is 1. The molecule has 0 saturated carbocycles. The van der Waals surface area contributed by atoms with Crippen LogP contribution < -0.4 is 10.1 Å². The zero-order valence-electron chi connectivity index (χ0n) is 16.2. The average Bonchev–Trinajstić information content (AvgIpc) is 3.29. The topological polar surface area (TPSA) is 102 Å². The van der Waals surface area contributed by atoms with Gasteiger partial charge in [-0.1, -0.05) is 0 Å². The Morgan fingerprint density at radius 1 is 1.00 bits per heavy atom. The molecule has 1 N–H and O–H groups in total. The Balaban J connectivity index is 1.80. The van der Waals surface area contributed by atoms with Gasteiger partial charge in [0, 0.05) is 18.7 Å². The summed E-state index contributed by atoms with van der Waals surface area (Å²) in [6, 6.07) is 10.3. The summed E-state index contributed by atoms with van der Waals surface area (Å²) in [6.45, 7) is 1.02. The van der Waals surface area contributed by atoms with E-state index in [1.165, 1.54) is 54.9 Å². The molecule has 0 spiro atoms. The number of hydrogen-bond donors (Lipinski definition) is 1. The lowest BCUT2D eigenvalue weighted by molar-refractivity contribution is 0.0601. The number of amides is 1. The van der Waals surface area contributed by atoms with Gasteiger partial charge in [0.1, 0.15) is 5.75 Å². The number of nitrogens with zero attached hydrogens (tertiary/aromatic N) is 1. The SMILES string of the molecule is COC(=O)c1cc(OC)ccc1NC(=O)c1ccc(S(=O)(=O)N2CCCC2)cc1. The van der Waals surface area contributed by atoms with E-state index in [2.05, 4.69) is 5.32 Å². The molecule has 0 bridgehead atoms. The number of benzene rings is 2. The number of carbonyl (C=O) groups excluding carboxylic acids is 2. The van der Waals surface area contributed by atoms with Crippen LogP contribution in [0.1, 0.15) is 33.6 Å². The second kappa shape index (κ2) is 8.62. The highest BCUT2D eigenvalue weighted by Gasteiger charge is 2.27. The summed E-state index contributed by atoms with van der Waals surface area (Å²) in [7, 11) is -0.835. The van der Waals surface area contributed by atoms with Crippen molar-refractivity contribution in [2.24, 2.45) is 0 Å². The second-order valence-corrected chi connectivity index (χ2v) is 8.43. The van der Waals surface area contributed by atoms with E-state index in [0.717, 1.165) is 12.8 Å². The minimum atomic E-state index is -3.54. The van der Waals surface area contributed by atoms with Gasteiger partial charge >= 0.3 is 5.97 Å². The van der Waals surface area contributed by atoms with Crippen LogP contribution in [0, 0.1) is 0 Å². The van der Waals surface area contributed by atoms with Gasteiger partial charge in [0.15, 0.2) is 0 Å². The lowest BCUT2D eigenvalue weighted by Gasteiger charge is -2.15. The molecule has 1 fully saturated rings. The number of carbonyl (C=O) groups is 2. The van der Waals surface area contributed by atoms with E-state index in [0.29, 0.717) is 18.8 Å². The normalized spacial score (nSPS) is 14.4. The quantitative estimate of drug-likeness (QED) is 0.724. The van der Waals surface area contributed by atoms with Gasteiger partial charge in [-0.3, -0.25) is 4.79 Å². The summed E-state index contributed by atoms with van der Waals surface area (Å²) in [5.41, 5.74) is 0.668. The maximum atomic E-state index is 12.6. The standard InChI is InChI=1S/C20H22N2O6S/c1-27-15-7-10-18(17(13-15)20(24)28-2)21-19(23)14-5-8-16(9-6-14)29(25,26)22-11-3-4-12-22/h5-10,13H,3-4,11-12H2,1-2H3,(H,21,23). The first kappa shape index (κ1) is 20.8. The minimum absolute atomic E-state index is 0.147. The van der Waals surface area contributed by atoms with Crippen molar-refractivity contribution in [2.75, 3.05) is 32.6 Å². The molecule has 29 heavy (non-hydrogen) atoms. The lowest BCUT2D eigenvalue weighted by atomic mass is 10.1. The summed E-state index contributed by atoms with van der Waals surface area (Å²) in [5, 5.41) is 2.65. The Labute approximate surface area is 169 Å². The monoisotopic (exact) mass is 418 g/mol. The van der Waals surface area contributed by atoms with Crippen LogP contribution in [0.15, 0.2) is 47.4 Å². The summed E-state index contributed by atoms with van der Waals surface area (Å²) in [4.78, 5) is 24.7. The second-order valence-electron chi connectivity index (χ2n) is 6.49. The number of nitrogens with one attached hydrogen (secondary N) is 1. The van der Waals surface area contributed by atoms with Crippen LogP contribution in [0.2, 0.25) is 0 Å². The van der Waals surface area contributed by atoms with Crippen LogP contribution in [0.3, 0.4) is 0 Å². The number of rotatable bonds is 6. The van der Waals surface area contributed by atoms with Crippen molar-refractivity contribution in [3.63, 3.8) is 0 Å². The zero-order chi connectivity index (χ0) is 21.0. The molecular weight excluding hydrogens is 396 g/mol. The number of hydrogen-bond acceptors (Lipinski definition) is 6. The number of anilines is 1. The number of esters is 1. The molecule has 0 aliphatic carbocycles. The smallest absolute Gasteiger partial charge is 0.340 e. The highest BCUT2D eigenvalue weighted by molar-refractivity contribution is 7.89. The van der Waals surface area contributed by atoms with Crippen molar-refractivity contribution < 1.29 is 27.5 Å². The number of methoxy groups -OCH3 is 2. The van der Waals surface area contributed by atoms with Gasteiger partial charge in [-0.25, -0.2) is 13.2 Å². The summed E-state index contributed by atoms with van der Waals surface area (Å²) in [6.07, 6.45) is 1.70. The Morgan fingerprint density at radius 3 is 2.24 bits per heavy atom. The van der Waals surface area contributed by atoms with E-state index in [9.17, 15) is 18.0 Å². The Kier molecular flexibility index (Phi) is 6.19. The third-order valence-corrected chi connectivity index (χ3v) is 6.61. The fourth-order valence-corrected chi connectivity index (χ4v) is 4.61. The van der Waals surface area contributed by atoms with Gasteiger partial charge in [-0.15, -0.1) is 0 Å². The molecular formula is C20H22N2O6S. The molecule has 0 unspecified atom stereocenters. The van der Waals surface area contributed by atoms with E-state index < -0.39 is 21.9 Å². The molecule has 1 aliphatic rings. The van der Waals surface area contributed by atoms with Gasteiger partial charge in [-0.05, 0) is 55.3 Å². The highest BCUT2D eigenvalue weighted by atomic mass is 32.2. The lowest BCUT2D eigenvalue weighted by Crippen LogP contribution is -2.27. The first-order valence-corrected chi connectivity index (χ1v) is 10.5. The molecule has 2 aromatic rings. The van der Waals surface area contributed by atoms with Gasteiger partial charge < -0.3 is 14.8 Å². The van der Waals surface area contributed by atoms with Crippen LogP contribution in [0.4, 0.5) is 5.69 Å². The van der Waals surface area contributed by atoms with E-state index in [1.54, 1.807) is 6.07 Å². The molecule has 9 heteroatoms. The summed E-state index contributed by atoms with van der Waals surface area (Å²) < 4.78 is 36.5. The molecule has 1 amide bonds. The maximum Gasteiger partial charge on any atom is 0.340 e. The summed E-state index contributed by atoms with van der Waals surface area (Å²) >= 11 is 0. The van der Waals surface area contributed by atoms with Crippen molar-refractivity contribution in [1.29, 1.82) is 0 Å². The van der Waals surface area contributed by atoms with Crippen LogP contribution in [-0.2, 0) is 14.8 Å². The molecule has 0 radical (unpaired) electrons. The van der Waals surface area contributed by atoms with Crippen LogP contribution in [0.5, 0.6) is 5.75 Å². The van der Waals surface area contributed by atoms with Crippen molar-refractivity contribution in [1.82, 2.24) is 4.31 Å². The predicted octanol–water partition coefficient (Wildman–Crippen LogP) is 2.52. The zero-order valence-corrected chi connectivity index (χ0v) is 17.0. The largest absolute Gasteiger partial charge is 0.497 e. The molecule has 3 rings (SSSR count). The highest BCUT2D eigenvalue weighted by Crippen LogP contribution is 2.24. The fraction of sp³-hybridized carbons (Fsp3) is 0.300. The number of ether oxygens (including phenoxy) is 2. The third kappa shape index (κ3) is 4.41. The van der Waals surface area contributed by atoms with Crippen LogP contribution in [-0.4, -0.2) is 51.9 Å². The van der Waals surface area contributed by atoms with Crippen molar-refractivity contribution >= 4 is 27.6 Å². The molecule has 154 valence electrons. The van der Waals surface area contributed by atoms with Gasteiger partial charge in [0.05, 0.1) is 30.4 Å². The van der Waals surface area contributed by atoms with Crippen LogP contribution >= 0.6 is 0 Å². The van der Waals surface area contributed by atoms with Crippen LogP contribution in [0.25, 0.3) is 0 Å². The molecule has 1 aliphatic heterocycles. The molecule has 0 aromatic heterocycles. The Bertz CT molecular complexity index is 1010. The third-order valence-electron chi connectivity index (χ3n) is 4.70. The van der Waals surface area contributed by atoms with Gasteiger partial charge in [0.25, 0.3) is 5.91 Å². The molecule has 1 saturated heterocycles. The molecule has 2 aromatic carbocycles. The first-order chi connectivity index (χ1) is 13.9. The minimum Gasteiger partial charge on any atom is -0.497 e. The first-order valence-electron chi connectivity index (χ1n) is 9.04. The Morgan fingerprint density at radius 2 is 1.66 bits per heavy atom. The molecule has 1 heterocycles. The van der Waals surface area contributed by atoms with Gasteiger partial charge in [0.2, 0.25) is 10.0 Å². The Hall–Kier alpha value is -2.91. The average molecular weight is 418 g/mol. The fourth-order valence-electron chi connectivity index (χ4n) is 3.09. The van der Waals surface area contributed by atoms with E-state index in [-0.39, 0.29) is 21.7 Å².